The number of hydrogen-bond acceptors (Lipinski definition) is 5. The highest BCUT2D eigenvalue weighted by molar-refractivity contribution is 7.18. The van der Waals surface area contributed by atoms with E-state index in [9.17, 15) is 9.90 Å². The van der Waals surface area contributed by atoms with Crippen molar-refractivity contribution in [3.63, 3.8) is 0 Å². The number of hydrogen-bond donors (Lipinski definition) is 3. The number of nitrogen functional groups attached to an aromatic ring is 1. The largest absolute Gasteiger partial charge is 0.397 e. The van der Waals surface area contributed by atoms with Gasteiger partial charge >= 0.3 is 0 Å². The molecule has 1 saturated carbocycles. The topological polar surface area (TPSA) is 92.6 Å². The zero-order valence-electron chi connectivity index (χ0n) is 11.9. The van der Waals surface area contributed by atoms with Crippen LogP contribution in [0.2, 0.25) is 0 Å². The van der Waals surface area contributed by atoms with Crippen LogP contribution in [0, 0.1) is 0 Å². The van der Waals surface area contributed by atoms with Gasteiger partial charge in [0.25, 0.3) is 5.91 Å². The van der Waals surface area contributed by atoms with Crippen molar-refractivity contribution in [2.24, 2.45) is 5.73 Å². The Morgan fingerprint density at radius 3 is 2.33 bits per heavy atom. The minimum Gasteiger partial charge on any atom is -0.397 e. The maximum atomic E-state index is 11.6. The number of nitrogens with two attached hydrogens (primary N) is 2. The number of anilines is 2. The molecule has 5 N–H and O–H groups in total. The molecule has 5 nitrogen and oxygen atoms in total. The summed E-state index contributed by atoms with van der Waals surface area (Å²) in [6.07, 6.45) is 6.01. The molecule has 2 aliphatic heterocycles. The first-order valence-electron chi connectivity index (χ1n) is 7.74. The fourth-order valence-electron chi connectivity index (χ4n) is 4.07. The van der Waals surface area contributed by atoms with E-state index in [2.05, 4.69) is 4.90 Å². The van der Waals surface area contributed by atoms with Crippen molar-refractivity contribution in [1.82, 2.24) is 0 Å². The van der Waals surface area contributed by atoms with Crippen LogP contribution in [0.4, 0.5) is 10.7 Å². The second kappa shape index (κ2) is 4.61. The van der Waals surface area contributed by atoms with Crippen LogP contribution in [-0.2, 0) is 0 Å². The summed E-state index contributed by atoms with van der Waals surface area (Å²) in [4.78, 5) is 14.6. The molecule has 2 atom stereocenters. The SMILES string of the molecule is NC(=O)c1sc(N2C3CCC2CC(O)C3)c(C2CC2)c1N. The molecule has 1 amide bonds. The Morgan fingerprint density at radius 1 is 1.19 bits per heavy atom. The van der Waals surface area contributed by atoms with Gasteiger partial charge in [0.05, 0.1) is 16.8 Å². The molecule has 0 spiro atoms. The molecule has 1 aliphatic carbocycles. The summed E-state index contributed by atoms with van der Waals surface area (Å²) in [7, 11) is 0. The molecule has 6 heteroatoms. The van der Waals surface area contributed by atoms with Crippen LogP contribution in [0.3, 0.4) is 0 Å². The average Bonchev–Trinajstić information content (AvgIpc) is 3.14. The minimum absolute atomic E-state index is 0.184. The molecule has 2 unspecified atom stereocenters. The van der Waals surface area contributed by atoms with Crippen molar-refractivity contribution >= 4 is 27.9 Å². The van der Waals surface area contributed by atoms with Crippen LogP contribution in [0.25, 0.3) is 0 Å². The summed E-state index contributed by atoms with van der Waals surface area (Å²) < 4.78 is 0. The van der Waals surface area contributed by atoms with Crippen LogP contribution in [0.5, 0.6) is 0 Å². The van der Waals surface area contributed by atoms with Crippen LogP contribution < -0.4 is 16.4 Å². The van der Waals surface area contributed by atoms with Gasteiger partial charge in [-0.25, -0.2) is 0 Å². The molecular weight excluding hydrogens is 286 g/mol. The molecule has 3 heterocycles. The molecule has 0 radical (unpaired) electrons. The van der Waals surface area contributed by atoms with Gasteiger partial charge in [0.15, 0.2) is 0 Å². The van der Waals surface area contributed by atoms with Gasteiger partial charge in [0.1, 0.15) is 4.88 Å². The van der Waals surface area contributed by atoms with Gasteiger partial charge in [-0.1, -0.05) is 0 Å². The second-order valence-corrected chi connectivity index (χ2v) is 7.62. The Hall–Kier alpha value is -1.27. The van der Waals surface area contributed by atoms with Crippen molar-refractivity contribution in [3.05, 3.63) is 10.4 Å². The van der Waals surface area contributed by atoms with Crippen molar-refractivity contribution in [3.8, 4) is 0 Å². The van der Waals surface area contributed by atoms with Gasteiger partial charge in [-0.15, -0.1) is 11.3 Å². The summed E-state index contributed by atoms with van der Waals surface area (Å²) in [5.41, 5.74) is 13.5. The number of piperidine rings is 1. The summed E-state index contributed by atoms with van der Waals surface area (Å²) in [5, 5.41) is 11.1. The molecule has 0 aromatic carbocycles. The molecule has 1 aromatic rings. The minimum atomic E-state index is -0.421. The number of carbonyl (C=O) groups excluding carboxylic acids is 1. The first-order chi connectivity index (χ1) is 10.1. The Bertz CT molecular complexity index is 582. The van der Waals surface area contributed by atoms with Crippen LogP contribution in [0.15, 0.2) is 0 Å². The third-order valence-electron chi connectivity index (χ3n) is 5.12. The smallest absolute Gasteiger partial charge is 0.260 e. The Kier molecular flexibility index (Phi) is 2.94. The first-order valence-corrected chi connectivity index (χ1v) is 8.56. The lowest BCUT2D eigenvalue weighted by molar-refractivity contribution is 0.100. The number of nitrogens with zero attached hydrogens (tertiary/aromatic N) is 1. The zero-order valence-corrected chi connectivity index (χ0v) is 12.7. The molecule has 2 saturated heterocycles. The number of aliphatic hydroxyl groups excluding tert-OH is 1. The molecule has 4 rings (SSSR count). The van der Waals surface area contributed by atoms with E-state index in [4.69, 9.17) is 11.5 Å². The normalized spacial score (nSPS) is 31.7. The third-order valence-corrected chi connectivity index (χ3v) is 6.37. The zero-order chi connectivity index (χ0) is 14.7. The number of fused-ring (bicyclic) bond motifs is 2. The van der Waals surface area contributed by atoms with Gasteiger partial charge in [0.2, 0.25) is 0 Å². The van der Waals surface area contributed by atoms with Crippen molar-refractivity contribution < 1.29 is 9.90 Å². The number of primary amides is 1. The third kappa shape index (κ3) is 2.04. The molecule has 21 heavy (non-hydrogen) atoms. The van der Waals surface area contributed by atoms with Gasteiger partial charge in [-0.05, 0) is 44.4 Å². The summed E-state index contributed by atoms with van der Waals surface area (Å²) in [5.74, 6) is 0.0747. The van der Waals surface area contributed by atoms with Crippen LogP contribution in [0.1, 0.15) is 59.7 Å². The average molecular weight is 307 g/mol. The lowest BCUT2D eigenvalue weighted by atomic mass is 9.99. The Balaban J connectivity index is 1.78. The predicted octanol–water partition coefficient (Wildman–Crippen LogP) is 1.80. The molecular formula is C15H21N3O2S. The van der Waals surface area contributed by atoms with E-state index >= 15 is 0 Å². The van der Waals surface area contributed by atoms with E-state index in [1.165, 1.54) is 11.3 Å². The summed E-state index contributed by atoms with van der Waals surface area (Å²) in [6, 6.07) is 0.769. The highest BCUT2D eigenvalue weighted by atomic mass is 32.1. The van der Waals surface area contributed by atoms with E-state index in [0.29, 0.717) is 28.6 Å². The van der Waals surface area contributed by atoms with E-state index in [1.807, 2.05) is 0 Å². The molecule has 2 bridgehead atoms. The molecule has 3 aliphatic rings. The van der Waals surface area contributed by atoms with Crippen LogP contribution >= 0.6 is 11.3 Å². The van der Waals surface area contributed by atoms with Gasteiger partial charge in [-0.3, -0.25) is 4.79 Å². The lowest BCUT2D eigenvalue weighted by Gasteiger charge is -2.38. The van der Waals surface area contributed by atoms with Gasteiger partial charge in [0, 0.05) is 17.6 Å². The fraction of sp³-hybridized carbons (Fsp3) is 0.667. The number of thiophene rings is 1. The van der Waals surface area contributed by atoms with E-state index in [0.717, 1.165) is 49.1 Å². The second-order valence-electron chi connectivity index (χ2n) is 6.62. The first kappa shape index (κ1) is 13.4. The number of carbonyl (C=O) groups is 1. The van der Waals surface area contributed by atoms with E-state index < -0.39 is 5.91 Å². The van der Waals surface area contributed by atoms with Crippen molar-refractivity contribution in [2.45, 2.75) is 62.6 Å². The van der Waals surface area contributed by atoms with Crippen LogP contribution in [-0.4, -0.2) is 29.2 Å². The fourth-order valence-corrected chi connectivity index (χ4v) is 5.37. The molecule has 114 valence electrons. The maximum absolute atomic E-state index is 11.6. The number of rotatable bonds is 3. The quantitative estimate of drug-likeness (QED) is 0.794. The van der Waals surface area contributed by atoms with E-state index in [1.54, 1.807) is 0 Å². The van der Waals surface area contributed by atoms with Gasteiger partial charge in [-0.2, -0.15) is 0 Å². The standard InChI is InChI=1S/C15H21N3O2S/c16-12-11(7-1-2-7)15(21-13(12)14(17)20)18-8-3-4-9(18)6-10(19)5-8/h7-10,19H,1-6,16H2,(H2,17,20). The molecule has 1 aromatic heterocycles. The summed E-state index contributed by atoms with van der Waals surface area (Å²) in [6.45, 7) is 0. The highest BCUT2D eigenvalue weighted by Crippen LogP contribution is 2.54. The monoisotopic (exact) mass is 307 g/mol. The number of amides is 1. The van der Waals surface area contributed by atoms with E-state index in [-0.39, 0.29) is 6.10 Å². The van der Waals surface area contributed by atoms with Crippen molar-refractivity contribution in [1.29, 1.82) is 0 Å². The predicted molar refractivity (Wildman–Crippen MR) is 83.8 cm³/mol. The number of aliphatic hydroxyl groups is 1. The van der Waals surface area contributed by atoms with Gasteiger partial charge < -0.3 is 21.5 Å². The lowest BCUT2D eigenvalue weighted by Crippen LogP contribution is -2.44. The molecule has 3 fully saturated rings. The Labute approximate surface area is 127 Å². The summed E-state index contributed by atoms with van der Waals surface area (Å²) >= 11 is 1.46. The van der Waals surface area contributed by atoms with Crippen molar-refractivity contribution in [2.75, 3.05) is 10.6 Å². The Morgan fingerprint density at radius 2 is 1.81 bits per heavy atom. The maximum Gasteiger partial charge on any atom is 0.260 e. The highest BCUT2D eigenvalue weighted by Gasteiger charge is 2.44.